The lowest BCUT2D eigenvalue weighted by atomic mass is 9.91. The van der Waals surface area contributed by atoms with Crippen LogP contribution >= 0.6 is 0 Å². The summed E-state index contributed by atoms with van der Waals surface area (Å²) >= 11 is 0. The highest BCUT2D eigenvalue weighted by molar-refractivity contribution is 6.01. The smallest absolute Gasteiger partial charge is 0.408 e. The van der Waals surface area contributed by atoms with E-state index in [1.54, 1.807) is 48.5 Å². The van der Waals surface area contributed by atoms with Crippen molar-refractivity contribution in [2.24, 2.45) is 11.8 Å². The zero-order valence-corrected chi connectivity index (χ0v) is 33.1. The fourth-order valence-corrected chi connectivity index (χ4v) is 7.40. The molecule has 0 aromatic heterocycles. The number of carbonyl (C=O) groups excluding carboxylic acids is 4. The van der Waals surface area contributed by atoms with Crippen LogP contribution in [0.4, 0.5) is 19.3 Å². The third-order valence-corrected chi connectivity index (χ3v) is 10.2. The lowest BCUT2D eigenvalue weighted by Gasteiger charge is -2.40. The highest BCUT2D eigenvalue weighted by Gasteiger charge is 2.47. The summed E-state index contributed by atoms with van der Waals surface area (Å²) in [7, 11) is 1.15. The molecule has 12 heteroatoms. The van der Waals surface area contributed by atoms with Crippen LogP contribution in [-0.4, -0.2) is 48.0 Å². The Morgan fingerprint density at radius 3 is 1.97 bits per heavy atom. The Morgan fingerprint density at radius 1 is 0.763 bits per heavy atom. The number of fused-ring (bicyclic) bond motifs is 1. The molecule has 1 unspecified atom stereocenters. The zero-order chi connectivity index (χ0) is 41.9. The SMILES string of the molecule is COC(=O)[C@@H](CC(C)C)N(C(=O)[C@H](NC(=O)OCc1ccccc1)C1Cc2ccccc2C1)C(C(=O)Nc1ccccc1OCc1ccccc1)c1ccc(F)cc1F. The molecule has 1 aliphatic carbocycles. The normalized spacial score (nSPS) is 13.7. The lowest BCUT2D eigenvalue weighted by Crippen LogP contribution is -2.59. The fourth-order valence-electron chi connectivity index (χ4n) is 7.40. The number of nitrogens with one attached hydrogen (secondary N) is 2. The van der Waals surface area contributed by atoms with Crippen molar-refractivity contribution in [3.63, 3.8) is 0 Å². The molecule has 0 spiro atoms. The number of nitrogens with zero attached hydrogens (tertiary/aromatic N) is 1. The average Bonchev–Trinajstić information content (AvgIpc) is 3.67. The van der Waals surface area contributed by atoms with E-state index in [-0.39, 0.29) is 37.0 Å². The Bertz CT molecular complexity index is 2210. The molecular formula is C47H47F2N3O7. The second kappa shape index (κ2) is 19.7. The van der Waals surface area contributed by atoms with Gasteiger partial charge in [-0.1, -0.05) is 117 Å². The quantitative estimate of drug-likeness (QED) is 0.0962. The van der Waals surface area contributed by atoms with Crippen LogP contribution in [0.1, 0.15) is 54.1 Å². The number of alkyl carbamates (subject to hydrolysis) is 1. The molecule has 3 amide bonds. The summed E-state index contributed by atoms with van der Waals surface area (Å²) < 4.78 is 47.6. The Kier molecular flexibility index (Phi) is 14.1. The number of esters is 1. The van der Waals surface area contributed by atoms with Crippen molar-refractivity contribution in [1.29, 1.82) is 0 Å². The van der Waals surface area contributed by atoms with Gasteiger partial charge in [0.15, 0.2) is 0 Å². The highest BCUT2D eigenvalue weighted by Crippen LogP contribution is 2.36. The van der Waals surface area contributed by atoms with E-state index in [0.29, 0.717) is 24.5 Å². The molecule has 2 N–H and O–H groups in total. The number of hydrogen-bond acceptors (Lipinski definition) is 7. The predicted octanol–water partition coefficient (Wildman–Crippen LogP) is 8.35. The minimum atomic E-state index is -1.89. The number of carbonyl (C=O) groups is 4. The molecule has 59 heavy (non-hydrogen) atoms. The molecule has 0 fully saturated rings. The Labute approximate surface area is 342 Å². The number of rotatable bonds is 16. The maximum absolute atomic E-state index is 16.2. The molecule has 0 saturated heterocycles. The van der Waals surface area contributed by atoms with Gasteiger partial charge in [-0.05, 0) is 71.6 Å². The highest BCUT2D eigenvalue weighted by atomic mass is 19.1. The average molecular weight is 804 g/mol. The third-order valence-electron chi connectivity index (χ3n) is 10.2. The predicted molar refractivity (Wildman–Crippen MR) is 218 cm³/mol. The van der Waals surface area contributed by atoms with Crippen LogP contribution in [0.15, 0.2) is 127 Å². The molecule has 5 aromatic carbocycles. The van der Waals surface area contributed by atoms with Gasteiger partial charge in [-0.2, -0.15) is 0 Å². The minimum absolute atomic E-state index is 0.0160. The molecule has 0 bridgehead atoms. The van der Waals surface area contributed by atoms with Gasteiger partial charge < -0.3 is 29.7 Å². The van der Waals surface area contributed by atoms with Crippen molar-refractivity contribution in [3.8, 4) is 5.75 Å². The molecule has 10 nitrogen and oxygen atoms in total. The number of ether oxygens (including phenoxy) is 3. The van der Waals surface area contributed by atoms with Crippen molar-refractivity contribution in [1.82, 2.24) is 10.2 Å². The van der Waals surface area contributed by atoms with E-state index >= 15 is 9.18 Å². The van der Waals surface area contributed by atoms with Crippen LogP contribution in [0.2, 0.25) is 0 Å². The number of anilines is 1. The van der Waals surface area contributed by atoms with Gasteiger partial charge in [0.1, 0.15) is 48.7 Å². The third kappa shape index (κ3) is 10.7. The lowest BCUT2D eigenvalue weighted by molar-refractivity contribution is -0.159. The molecule has 0 radical (unpaired) electrons. The molecule has 6 rings (SSSR count). The zero-order valence-electron chi connectivity index (χ0n) is 33.1. The van der Waals surface area contributed by atoms with Gasteiger partial charge in [-0.15, -0.1) is 0 Å². The second-order valence-corrected chi connectivity index (χ2v) is 14.9. The van der Waals surface area contributed by atoms with Crippen LogP contribution in [0.25, 0.3) is 0 Å². The first-order valence-corrected chi connectivity index (χ1v) is 19.5. The van der Waals surface area contributed by atoms with Gasteiger partial charge in [-0.25, -0.2) is 18.4 Å². The minimum Gasteiger partial charge on any atom is -0.487 e. The number of halogens is 2. The fraction of sp³-hybridized carbons (Fsp3) is 0.277. The van der Waals surface area contributed by atoms with Crippen LogP contribution in [0.3, 0.4) is 0 Å². The molecule has 5 aromatic rings. The van der Waals surface area contributed by atoms with E-state index in [4.69, 9.17) is 14.2 Å². The first kappa shape index (κ1) is 42.1. The molecule has 0 heterocycles. The number of hydrogen-bond donors (Lipinski definition) is 2. The van der Waals surface area contributed by atoms with Crippen molar-refractivity contribution in [2.75, 3.05) is 12.4 Å². The van der Waals surface area contributed by atoms with Crippen molar-refractivity contribution in [2.45, 2.75) is 64.4 Å². The van der Waals surface area contributed by atoms with Gasteiger partial charge in [0, 0.05) is 11.6 Å². The van der Waals surface area contributed by atoms with E-state index in [1.807, 2.05) is 74.5 Å². The number of benzene rings is 5. The standard InChI is InChI=1S/C47H47F2N3O7/c1-30(2)24-40(46(55)57-3)52(45(54)42(35-25-33-18-10-11-19-34(33)26-35)51-47(56)59-29-32-16-8-5-9-17-32)43(37-23-22-36(48)27-38(37)49)44(53)50-39-20-12-13-21-41(39)58-28-31-14-6-4-7-15-31/h4-23,27,30,35,40,42-43H,24-26,28-29H2,1-3H3,(H,50,53)(H,51,56)/t40-,42-,43?/m1/s1. The molecule has 1 aliphatic rings. The Balaban J connectivity index is 1.44. The van der Waals surface area contributed by atoms with E-state index in [2.05, 4.69) is 10.6 Å². The summed E-state index contributed by atoms with van der Waals surface area (Å²) in [6, 6.07) is 30.5. The van der Waals surface area contributed by atoms with Gasteiger partial charge in [0.2, 0.25) is 5.91 Å². The number of methoxy groups -OCH3 is 1. The topological polar surface area (TPSA) is 123 Å². The van der Waals surface area contributed by atoms with Gasteiger partial charge in [0.05, 0.1) is 12.8 Å². The number of amides is 3. The summed E-state index contributed by atoms with van der Waals surface area (Å²) in [4.78, 5) is 59.0. The number of para-hydroxylation sites is 2. The summed E-state index contributed by atoms with van der Waals surface area (Å²) in [6.07, 6.45) is -0.210. The maximum Gasteiger partial charge on any atom is 0.408 e. The van der Waals surface area contributed by atoms with Crippen molar-refractivity contribution < 1.29 is 42.2 Å². The first-order chi connectivity index (χ1) is 28.5. The Hall–Kier alpha value is -6.56. The summed E-state index contributed by atoms with van der Waals surface area (Å²) in [6.45, 7) is 3.69. The van der Waals surface area contributed by atoms with E-state index < -0.39 is 65.1 Å². The largest absolute Gasteiger partial charge is 0.487 e. The van der Waals surface area contributed by atoms with Gasteiger partial charge in [0.25, 0.3) is 5.91 Å². The van der Waals surface area contributed by atoms with E-state index in [9.17, 15) is 18.8 Å². The monoisotopic (exact) mass is 803 g/mol. The molecule has 306 valence electrons. The molecule has 0 aliphatic heterocycles. The van der Waals surface area contributed by atoms with E-state index in [0.717, 1.165) is 40.8 Å². The van der Waals surface area contributed by atoms with Crippen LogP contribution < -0.4 is 15.4 Å². The molecule has 0 saturated carbocycles. The van der Waals surface area contributed by atoms with Gasteiger partial charge in [-0.3, -0.25) is 9.59 Å². The van der Waals surface area contributed by atoms with Crippen molar-refractivity contribution >= 4 is 29.6 Å². The Morgan fingerprint density at radius 2 is 1.36 bits per heavy atom. The molecular weight excluding hydrogens is 757 g/mol. The van der Waals surface area contributed by atoms with Gasteiger partial charge >= 0.3 is 12.1 Å². The van der Waals surface area contributed by atoms with Crippen LogP contribution in [0, 0.1) is 23.5 Å². The molecule has 3 atom stereocenters. The summed E-state index contributed by atoms with van der Waals surface area (Å²) in [5.41, 5.74) is 3.29. The van der Waals surface area contributed by atoms with Crippen molar-refractivity contribution in [3.05, 3.63) is 167 Å². The first-order valence-electron chi connectivity index (χ1n) is 19.5. The maximum atomic E-state index is 16.2. The van der Waals surface area contributed by atoms with E-state index in [1.165, 1.54) is 0 Å². The summed E-state index contributed by atoms with van der Waals surface area (Å²) in [5.74, 6) is -5.27. The van der Waals surface area contributed by atoms with Crippen LogP contribution in [0.5, 0.6) is 5.75 Å². The van der Waals surface area contributed by atoms with Crippen LogP contribution in [-0.2, 0) is 49.9 Å². The summed E-state index contributed by atoms with van der Waals surface area (Å²) in [5, 5.41) is 5.57. The second-order valence-electron chi connectivity index (χ2n) is 14.9.